The van der Waals surface area contributed by atoms with Gasteiger partial charge in [-0.1, -0.05) is 11.6 Å². The first-order valence-electron chi connectivity index (χ1n) is 6.49. The van der Waals surface area contributed by atoms with Crippen LogP contribution in [0.3, 0.4) is 0 Å². The number of rotatable bonds is 5. The number of sulfonamides is 1. The molecular weight excluding hydrogens is 298 g/mol. The number of nitrogens with two attached hydrogens (primary N) is 1. The van der Waals surface area contributed by atoms with Crippen LogP contribution in [-0.4, -0.2) is 39.5 Å². The van der Waals surface area contributed by atoms with Crippen molar-refractivity contribution in [3.05, 3.63) is 23.2 Å². The Kier molecular flexibility index (Phi) is 4.30. The molecule has 0 unspecified atom stereocenters. The van der Waals surface area contributed by atoms with Gasteiger partial charge in [0.25, 0.3) is 0 Å². The lowest BCUT2D eigenvalue weighted by atomic mass is 9.76. The van der Waals surface area contributed by atoms with E-state index in [0.29, 0.717) is 12.2 Å². The van der Waals surface area contributed by atoms with Gasteiger partial charge >= 0.3 is 0 Å². The lowest BCUT2D eigenvalue weighted by molar-refractivity contribution is 0.0657. The molecule has 0 amide bonds. The van der Waals surface area contributed by atoms with Crippen molar-refractivity contribution < 1.29 is 8.42 Å². The molecule has 1 aliphatic rings. The summed E-state index contributed by atoms with van der Waals surface area (Å²) in [6, 6.07) is 4.34. The summed E-state index contributed by atoms with van der Waals surface area (Å²) in [5, 5.41) is 0.249. The average molecular weight is 318 g/mol. The molecule has 0 saturated heterocycles. The molecule has 0 heterocycles. The zero-order valence-corrected chi connectivity index (χ0v) is 13.3. The van der Waals surface area contributed by atoms with E-state index in [1.807, 2.05) is 14.1 Å². The first kappa shape index (κ1) is 15.6. The molecule has 0 spiro atoms. The third-order valence-electron chi connectivity index (χ3n) is 4.11. The molecule has 1 fully saturated rings. The van der Waals surface area contributed by atoms with Gasteiger partial charge < -0.3 is 10.6 Å². The molecule has 0 aromatic heterocycles. The zero-order chi connectivity index (χ0) is 15.0. The van der Waals surface area contributed by atoms with Gasteiger partial charge in [-0.2, -0.15) is 0 Å². The number of anilines is 1. The Bertz CT molecular complexity index is 598. The molecule has 112 valence electrons. The van der Waals surface area contributed by atoms with Crippen molar-refractivity contribution >= 4 is 27.3 Å². The van der Waals surface area contributed by atoms with Gasteiger partial charge in [0.2, 0.25) is 10.0 Å². The third kappa shape index (κ3) is 2.93. The second-order valence-electron chi connectivity index (χ2n) is 5.48. The Morgan fingerprint density at radius 2 is 2.05 bits per heavy atom. The Balaban J connectivity index is 2.13. The largest absolute Gasteiger partial charge is 0.398 e. The topological polar surface area (TPSA) is 75.4 Å². The number of nitrogen functional groups attached to an aromatic ring is 1. The van der Waals surface area contributed by atoms with Gasteiger partial charge in [0.05, 0.1) is 15.6 Å². The van der Waals surface area contributed by atoms with E-state index in [1.54, 1.807) is 0 Å². The molecule has 1 aliphatic carbocycles. The van der Waals surface area contributed by atoms with Crippen molar-refractivity contribution in [2.45, 2.75) is 29.7 Å². The summed E-state index contributed by atoms with van der Waals surface area (Å²) >= 11 is 5.87. The van der Waals surface area contributed by atoms with E-state index in [1.165, 1.54) is 18.2 Å². The standard InChI is InChI=1S/C13H20ClN3O2S/c1-17(2)13(6-3-7-13)9-16-20(18,19)10-4-5-12(15)11(14)8-10/h4-5,8,16H,3,6-7,9,15H2,1-2H3. The highest BCUT2D eigenvalue weighted by atomic mass is 35.5. The van der Waals surface area contributed by atoms with Gasteiger partial charge in [0.15, 0.2) is 0 Å². The van der Waals surface area contributed by atoms with Gasteiger partial charge in [0, 0.05) is 12.1 Å². The van der Waals surface area contributed by atoms with Gasteiger partial charge in [-0.15, -0.1) is 0 Å². The molecule has 3 N–H and O–H groups in total. The fourth-order valence-electron chi connectivity index (χ4n) is 2.35. The van der Waals surface area contributed by atoms with E-state index in [2.05, 4.69) is 9.62 Å². The van der Waals surface area contributed by atoms with Crippen molar-refractivity contribution in [1.29, 1.82) is 0 Å². The second kappa shape index (κ2) is 5.52. The van der Waals surface area contributed by atoms with E-state index in [-0.39, 0.29) is 15.5 Å². The lowest BCUT2D eigenvalue weighted by Crippen LogP contribution is -2.57. The average Bonchev–Trinajstić information content (AvgIpc) is 2.30. The van der Waals surface area contributed by atoms with E-state index < -0.39 is 10.0 Å². The molecule has 2 rings (SSSR count). The maximum atomic E-state index is 12.3. The number of nitrogens with one attached hydrogen (secondary N) is 1. The van der Waals surface area contributed by atoms with Crippen molar-refractivity contribution in [3.63, 3.8) is 0 Å². The summed E-state index contributed by atoms with van der Waals surface area (Å²) in [7, 11) is 0.400. The van der Waals surface area contributed by atoms with E-state index in [4.69, 9.17) is 17.3 Å². The van der Waals surface area contributed by atoms with Crippen LogP contribution in [-0.2, 0) is 10.0 Å². The van der Waals surface area contributed by atoms with Crippen LogP contribution in [0.2, 0.25) is 5.02 Å². The normalized spacial score (nSPS) is 18.0. The van der Waals surface area contributed by atoms with Crippen molar-refractivity contribution in [3.8, 4) is 0 Å². The minimum absolute atomic E-state index is 0.0648. The Morgan fingerprint density at radius 3 is 2.50 bits per heavy atom. The molecule has 0 radical (unpaired) electrons. The van der Waals surface area contributed by atoms with Crippen LogP contribution in [0.15, 0.2) is 23.1 Å². The molecule has 0 atom stereocenters. The lowest BCUT2D eigenvalue weighted by Gasteiger charge is -2.47. The fraction of sp³-hybridized carbons (Fsp3) is 0.538. The van der Waals surface area contributed by atoms with Crippen molar-refractivity contribution in [1.82, 2.24) is 9.62 Å². The van der Waals surface area contributed by atoms with Gasteiger partial charge in [-0.05, 0) is 51.6 Å². The smallest absolute Gasteiger partial charge is 0.240 e. The summed E-state index contributed by atoms with van der Waals surface area (Å²) in [6.07, 6.45) is 3.14. The van der Waals surface area contributed by atoms with Crippen LogP contribution < -0.4 is 10.5 Å². The number of nitrogens with zero attached hydrogens (tertiary/aromatic N) is 1. The summed E-state index contributed by atoms with van der Waals surface area (Å²) in [4.78, 5) is 2.24. The van der Waals surface area contributed by atoms with Crippen LogP contribution in [0.1, 0.15) is 19.3 Å². The quantitative estimate of drug-likeness (QED) is 0.810. The zero-order valence-electron chi connectivity index (χ0n) is 11.7. The Hall–Kier alpha value is -0.820. The highest BCUT2D eigenvalue weighted by Gasteiger charge is 2.39. The second-order valence-corrected chi connectivity index (χ2v) is 7.65. The number of likely N-dealkylation sites (N-methyl/N-ethyl adjacent to an activating group) is 1. The molecule has 1 aromatic rings. The molecule has 5 nitrogen and oxygen atoms in total. The highest BCUT2D eigenvalue weighted by Crippen LogP contribution is 2.35. The van der Waals surface area contributed by atoms with Gasteiger partial charge in [0.1, 0.15) is 0 Å². The van der Waals surface area contributed by atoms with Gasteiger partial charge in [-0.3, -0.25) is 0 Å². The molecule has 20 heavy (non-hydrogen) atoms. The van der Waals surface area contributed by atoms with Gasteiger partial charge in [-0.25, -0.2) is 13.1 Å². The number of hydrogen-bond donors (Lipinski definition) is 2. The molecule has 1 saturated carbocycles. The maximum absolute atomic E-state index is 12.3. The number of hydrogen-bond acceptors (Lipinski definition) is 4. The Labute approximate surface area is 125 Å². The third-order valence-corrected chi connectivity index (χ3v) is 5.83. The van der Waals surface area contributed by atoms with E-state index in [0.717, 1.165) is 19.3 Å². The maximum Gasteiger partial charge on any atom is 0.240 e. The highest BCUT2D eigenvalue weighted by molar-refractivity contribution is 7.89. The Morgan fingerprint density at radius 1 is 1.40 bits per heavy atom. The minimum Gasteiger partial charge on any atom is -0.398 e. The van der Waals surface area contributed by atoms with E-state index in [9.17, 15) is 8.42 Å². The number of benzene rings is 1. The fourth-order valence-corrected chi connectivity index (χ4v) is 3.75. The van der Waals surface area contributed by atoms with Crippen molar-refractivity contribution in [2.24, 2.45) is 0 Å². The first-order chi connectivity index (χ1) is 9.27. The van der Waals surface area contributed by atoms with Crippen LogP contribution in [0.5, 0.6) is 0 Å². The molecule has 0 bridgehead atoms. The molecule has 0 aliphatic heterocycles. The summed E-state index contributed by atoms with van der Waals surface area (Å²) < 4.78 is 27.2. The molecule has 7 heteroatoms. The monoisotopic (exact) mass is 317 g/mol. The SMILES string of the molecule is CN(C)C1(CNS(=O)(=O)c2ccc(N)c(Cl)c2)CCC1. The van der Waals surface area contributed by atoms with Crippen molar-refractivity contribution in [2.75, 3.05) is 26.4 Å². The van der Waals surface area contributed by atoms with E-state index >= 15 is 0 Å². The van der Waals surface area contributed by atoms with Crippen LogP contribution >= 0.6 is 11.6 Å². The predicted molar refractivity (Wildman–Crippen MR) is 81.3 cm³/mol. The first-order valence-corrected chi connectivity index (χ1v) is 8.35. The summed E-state index contributed by atoms with van der Waals surface area (Å²) in [6.45, 7) is 0.407. The predicted octanol–water partition coefficient (Wildman–Crippen LogP) is 1.68. The number of halogens is 1. The molecule has 1 aromatic carbocycles. The minimum atomic E-state index is -3.56. The van der Waals surface area contributed by atoms with Crippen LogP contribution in [0, 0.1) is 0 Å². The molecular formula is C13H20ClN3O2S. The summed E-state index contributed by atoms with van der Waals surface area (Å²) in [5.41, 5.74) is 5.90. The van der Waals surface area contributed by atoms with Crippen LogP contribution in [0.25, 0.3) is 0 Å². The summed E-state index contributed by atoms with van der Waals surface area (Å²) in [5.74, 6) is 0. The van der Waals surface area contributed by atoms with Crippen LogP contribution in [0.4, 0.5) is 5.69 Å².